The van der Waals surface area contributed by atoms with E-state index in [0.717, 1.165) is 13.0 Å². The molecule has 0 bridgehead atoms. The molecular formula is C4H7IO2. The number of rotatable bonds is 0. The summed E-state index contributed by atoms with van der Waals surface area (Å²) in [5.41, 5.74) is 0. The van der Waals surface area contributed by atoms with E-state index in [-0.39, 0.29) is 0 Å². The highest BCUT2D eigenvalue weighted by Gasteiger charge is 2.22. The molecule has 0 saturated carbocycles. The van der Waals surface area contributed by atoms with Gasteiger partial charge < -0.3 is 9.84 Å². The molecule has 0 aromatic heterocycles. The molecule has 1 rings (SSSR count). The lowest BCUT2D eigenvalue weighted by Gasteiger charge is -2.01. The van der Waals surface area contributed by atoms with Gasteiger partial charge in [-0.2, -0.15) is 0 Å². The lowest BCUT2D eigenvalue weighted by atomic mass is 10.4. The Morgan fingerprint density at radius 2 is 2.43 bits per heavy atom. The fourth-order valence-corrected chi connectivity index (χ4v) is 1.01. The third-order valence-electron chi connectivity index (χ3n) is 0.992. The molecule has 1 heterocycles. The summed E-state index contributed by atoms with van der Waals surface area (Å²) in [5.74, 6) is 0. The summed E-state index contributed by atoms with van der Waals surface area (Å²) in [7, 11) is 0. The lowest BCUT2D eigenvalue weighted by Crippen LogP contribution is -2.12. The normalized spacial score (nSPS) is 42.0. The Balaban J connectivity index is 2.33. The molecule has 0 spiro atoms. The van der Waals surface area contributed by atoms with E-state index in [0.29, 0.717) is 3.92 Å². The fraction of sp³-hybridized carbons (Fsp3) is 1.00. The van der Waals surface area contributed by atoms with Crippen LogP contribution < -0.4 is 0 Å². The van der Waals surface area contributed by atoms with Crippen LogP contribution >= 0.6 is 22.6 Å². The van der Waals surface area contributed by atoms with E-state index in [9.17, 15) is 0 Å². The van der Waals surface area contributed by atoms with E-state index in [4.69, 9.17) is 9.84 Å². The molecule has 1 aliphatic heterocycles. The van der Waals surface area contributed by atoms with Crippen molar-refractivity contribution in [2.75, 3.05) is 6.61 Å². The molecule has 0 aromatic rings. The molecule has 0 radical (unpaired) electrons. The summed E-state index contributed by atoms with van der Waals surface area (Å²) in [6, 6.07) is 0. The zero-order chi connectivity index (χ0) is 5.28. The summed E-state index contributed by atoms with van der Waals surface area (Å²) < 4.78 is 5.13. The van der Waals surface area contributed by atoms with Crippen molar-refractivity contribution < 1.29 is 9.84 Å². The topological polar surface area (TPSA) is 29.5 Å². The second-order valence-electron chi connectivity index (χ2n) is 1.57. The van der Waals surface area contributed by atoms with E-state index in [1.54, 1.807) is 0 Å². The quantitative estimate of drug-likeness (QED) is 0.470. The fourth-order valence-electron chi connectivity index (χ4n) is 0.548. The molecule has 0 aromatic carbocycles. The average molecular weight is 214 g/mol. The van der Waals surface area contributed by atoms with Gasteiger partial charge in [-0.25, -0.2) is 0 Å². The summed E-state index contributed by atoms with van der Waals surface area (Å²) >= 11 is 2.18. The average Bonchev–Trinajstić information content (AvgIpc) is 1.91. The molecule has 0 aliphatic carbocycles. The highest BCUT2D eigenvalue weighted by atomic mass is 127. The van der Waals surface area contributed by atoms with Gasteiger partial charge in [0, 0.05) is 0 Å². The summed E-state index contributed by atoms with van der Waals surface area (Å²) in [5, 5.41) is 8.77. The minimum absolute atomic E-state index is 0.317. The molecule has 42 valence electrons. The molecule has 1 N–H and O–H groups in total. The van der Waals surface area contributed by atoms with E-state index in [2.05, 4.69) is 22.6 Å². The first-order valence-electron chi connectivity index (χ1n) is 2.24. The highest BCUT2D eigenvalue weighted by Crippen LogP contribution is 2.18. The van der Waals surface area contributed by atoms with Gasteiger partial charge in [0.15, 0.2) is 6.29 Å². The SMILES string of the molecule is O[C@@H]1OCC[C@@H]1I. The van der Waals surface area contributed by atoms with Crippen LogP contribution in [0.25, 0.3) is 0 Å². The van der Waals surface area contributed by atoms with Gasteiger partial charge in [0.1, 0.15) is 0 Å². The van der Waals surface area contributed by atoms with Crippen LogP contribution in [-0.2, 0) is 4.74 Å². The smallest absolute Gasteiger partial charge is 0.166 e. The summed E-state index contributed by atoms with van der Waals surface area (Å²) in [6.07, 6.45) is 0.488. The molecular weight excluding hydrogens is 207 g/mol. The van der Waals surface area contributed by atoms with Gasteiger partial charge in [-0.15, -0.1) is 0 Å². The molecule has 0 amide bonds. The van der Waals surface area contributed by atoms with Crippen molar-refractivity contribution in [3.63, 3.8) is 0 Å². The first kappa shape index (κ1) is 5.78. The van der Waals surface area contributed by atoms with Crippen molar-refractivity contribution in [2.24, 2.45) is 0 Å². The first-order valence-corrected chi connectivity index (χ1v) is 3.49. The Kier molecular flexibility index (Phi) is 1.88. The van der Waals surface area contributed by atoms with Gasteiger partial charge in [-0.3, -0.25) is 0 Å². The Labute approximate surface area is 56.0 Å². The van der Waals surface area contributed by atoms with E-state index in [1.165, 1.54) is 0 Å². The van der Waals surface area contributed by atoms with E-state index < -0.39 is 6.29 Å². The van der Waals surface area contributed by atoms with E-state index >= 15 is 0 Å². The van der Waals surface area contributed by atoms with Crippen LogP contribution in [0.5, 0.6) is 0 Å². The minimum Gasteiger partial charge on any atom is -0.367 e. The molecule has 1 saturated heterocycles. The molecule has 0 unspecified atom stereocenters. The number of hydrogen-bond donors (Lipinski definition) is 1. The third kappa shape index (κ3) is 1.27. The standard InChI is InChI=1S/C4H7IO2/c5-3-1-2-7-4(3)6/h3-4,6H,1-2H2/t3-,4+/m0/s1. The predicted octanol–water partition coefficient (Wildman–Crippen LogP) is 0.529. The maximum atomic E-state index is 8.77. The van der Waals surface area contributed by atoms with Crippen molar-refractivity contribution in [3.8, 4) is 0 Å². The number of alkyl halides is 1. The highest BCUT2D eigenvalue weighted by molar-refractivity contribution is 14.1. The number of hydrogen-bond acceptors (Lipinski definition) is 2. The van der Waals surface area contributed by atoms with Crippen molar-refractivity contribution in [1.82, 2.24) is 0 Å². The minimum atomic E-state index is -0.499. The second-order valence-corrected chi connectivity index (χ2v) is 3.17. The molecule has 3 heteroatoms. The monoisotopic (exact) mass is 214 g/mol. The van der Waals surface area contributed by atoms with Gasteiger partial charge in [-0.05, 0) is 6.42 Å². The maximum absolute atomic E-state index is 8.77. The Hall–Kier alpha value is 0.650. The Morgan fingerprint density at radius 3 is 2.57 bits per heavy atom. The van der Waals surface area contributed by atoms with Crippen LogP contribution in [0.4, 0.5) is 0 Å². The second kappa shape index (κ2) is 2.28. The number of ether oxygens (including phenoxy) is 1. The van der Waals surface area contributed by atoms with Crippen molar-refractivity contribution in [1.29, 1.82) is 0 Å². The van der Waals surface area contributed by atoms with Crippen LogP contribution in [-0.4, -0.2) is 21.9 Å². The van der Waals surface area contributed by atoms with Gasteiger partial charge in [0.25, 0.3) is 0 Å². The summed E-state index contributed by atoms with van der Waals surface area (Å²) in [4.78, 5) is 0. The van der Waals surface area contributed by atoms with Crippen LogP contribution in [0.15, 0.2) is 0 Å². The lowest BCUT2D eigenvalue weighted by molar-refractivity contribution is -0.0541. The third-order valence-corrected chi connectivity index (χ3v) is 2.23. The zero-order valence-corrected chi connectivity index (χ0v) is 5.96. The first-order chi connectivity index (χ1) is 3.30. The molecule has 7 heavy (non-hydrogen) atoms. The molecule has 2 nitrogen and oxygen atoms in total. The van der Waals surface area contributed by atoms with Gasteiger partial charge in [0.2, 0.25) is 0 Å². The van der Waals surface area contributed by atoms with Crippen LogP contribution in [0.1, 0.15) is 6.42 Å². The van der Waals surface area contributed by atoms with Crippen molar-refractivity contribution in [2.45, 2.75) is 16.6 Å². The van der Waals surface area contributed by atoms with Gasteiger partial charge in [0.05, 0.1) is 10.5 Å². The summed E-state index contributed by atoms with van der Waals surface area (Å²) in [6.45, 7) is 0.717. The molecule has 1 aliphatic rings. The maximum Gasteiger partial charge on any atom is 0.166 e. The van der Waals surface area contributed by atoms with Crippen LogP contribution in [0, 0.1) is 0 Å². The number of halogens is 1. The van der Waals surface area contributed by atoms with Crippen LogP contribution in [0.2, 0.25) is 0 Å². The van der Waals surface area contributed by atoms with Gasteiger partial charge >= 0.3 is 0 Å². The molecule has 2 atom stereocenters. The predicted molar refractivity (Wildman–Crippen MR) is 34.4 cm³/mol. The Bertz CT molecular complexity index is 58.7. The van der Waals surface area contributed by atoms with E-state index in [1.807, 2.05) is 0 Å². The number of aliphatic hydroxyl groups is 1. The molecule has 1 fully saturated rings. The van der Waals surface area contributed by atoms with Crippen molar-refractivity contribution in [3.05, 3.63) is 0 Å². The van der Waals surface area contributed by atoms with Gasteiger partial charge in [-0.1, -0.05) is 22.6 Å². The largest absolute Gasteiger partial charge is 0.367 e. The van der Waals surface area contributed by atoms with Crippen molar-refractivity contribution >= 4 is 22.6 Å². The zero-order valence-electron chi connectivity index (χ0n) is 3.80. The Morgan fingerprint density at radius 1 is 1.71 bits per heavy atom. The van der Waals surface area contributed by atoms with Crippen LogP contribution in [0.3, 0.4) is 0 Å². The number of aliphatic hydroxyl groups excluding tert-OH is 1.